The first-order valence-electron chi connectivity index (χ1n) is 6.03. The molecule has 1 amide bonds. The normalized spacial score (nSPS) is 20.4. The molecule has 1 heterocycles. The number of carbonyl (C=O) groups excluding carboxylic acids is 1. The molecule has 1 aromatic rings. The Hall–Kier alpha value is -1.07. The molecule has 2 rings (SSSR count). The topological polar surface area (TPSA) is 35.6 Å². The summed E-state index contributed by atoms with van der Waals surface area (Å²) in [6.45, 7) is 2.11. The van der Waals surface area contributed by atoms with Gasteiger partial charge in [-0.15, -0.1) is 0 Å². The number of para-hydroxylation sites is 1. The second-order valence-corrected chi connectivity index (χ2v) is 5.40. The summed E-state index contributed by atoms with van der Waals surface area (Å²) in [6.07, 6.45) is 0. The molecule has 0 spiro atoms. The van der Waals surface area contributed by atoms with Crippen LogP contribution in [-0.2, 0) is 4.79 Å². The molecular formula is C13H18BrN3O. The molecule has 1 atom stereocenters. The van der Waals surface area contributed by atoms with E-state index in [1.54, 1.807) is 0 Å². The number of hydrogen-bond donors (Lipinski definition) is 1. The number of rotatable bonds is 3. The van der Waals surface area contributed by atoms with Gasteiger partial charge in [-0.2, -0.15) is 0 Å². The third-order valence-corrected chi connectivity index (χ3v) is 4.00. The lowest BCUT2D eigenvalue weighted by molar-refractivity contribution is -0.131. The van der Waals surface area contributed by atoms with Crippen LogP contribution in [0.3, 0.4) is 0 Å². The summed E-state index contributed by atoms with van der Waals surface area (Å²) < 4.78 is 1.03. The predicted octanol–water partition coefficient (Wildman–Crippen LogP) is 1.32. The maximum Gasteiger partial charge on any atom is 0.242 e. The largest absolute Gasteiger partial charge is 0.359 e. The summed E-state index contributed by atoms with van der Waals surface area (Å²) >= 11 is 3.54. The first kappa shape index (κ1) is 13.4. The fourth-order valence-electron chi connectivity index (χ4n) is 2.25. The Kier molecular flexibility index (Phi) is 4.24. The number of piperazine rings is 1. The van der Waals surface area contributed by atoms with Crippen molar-refractivity contribution in [3.05, 3.63) is 28.7 Å². The van der Waals surface area contributed by atoms with Crippen molar-refractivity contribution in [2.24, 2.45) is 0 Å². The first-order chi connectivity index (χ1) is 8.63. The van der Waals surface area contributed by atoms with E-state index in [0.717, 1.165) is 23.2 Å². The van der Waals surface area contributed by atoms with Crippen LogP contribution in [0.2, 0.25) is 0 Å². The van der Waals surface area contributed by atoms with Crippen molar-refractivity contribution < 1.29 is 4.79 Å². The van der Waals surface area contributed by atoms with E-state index in [-0.39, 0.29) is 11.9 Å². The molecule has 1 saturated heterocycles. The number of likely N-dealkylation sites (N-methyl/N-ethyl adjacent to an activating group) is 2. The number of nitrogens with zero attached hydrogens (tertiary/aromatic N) is 2. The molecule has 1 aliphatic heterocycles. The smallest absolute Gasteiger partial charge is 0.242 e. The highest BCUT2D eigenvalue weighted by atomic mass is 79.9. The van der Waals surface area contributed by atoms with E-state index in [4.69, 9.17) is 0 Å². The molecule has 18 heavy (non-hydrogen) atoms. The average molecular weight is 312 g/mol. The fourth-order valence-corrected chi connectivity index (χ4v) is 2.78. The van der Waals surface area contributed by atoms with E-state index in [1.807, 2.05) is 43.3 Å². The molecule has 0 radical (unpaired) electrons. The van der Waals surface area contributed by atoms with E-state index in [1.165, 1.54) is 0 Å². The zero-order valence-electron chi connectivity index (χ0n) is 10.7. The summed E-state index contributed by atoms with van der Waals surface area (Å²) in [4.78, 5) is 16.0. The second-order valence-electron chi connectivity index (χ2n) is 4.55. The minimum absolute atomic E-state index is 0.164. The van der Waals surface area contributed by atoms with Crippen LogP contribution in [0, 0.1) is 0 Å². The molecule has 1 N–H and O–H groups in total. The van der Waals surface area contributed by atoms with Crippen molar-refractivity contribution in [2.75, 3.05) is 38.6 Å². The molecule has 1 fully saturated rings. The van der Waals surface area contributed by atoms with E-state index in [9.17, 15) is 4.79 Å². The van der Waals surface area contributed by atoms with Gasteiger partial charge in [-0.05, 0) is 35.1 Å². The third kappa shape index (κ3) is 2.67. The van der Waals surface area contributed by atoms with Crippen molar-refractivity contribution in [1.82, 2.24) is 10.2 Å². The fraction of sp³-hybridized carbons (Fsp3) is 0.462. The molecule has 0 bridgehead atoms. The van der Waals surface area contributed by atoms with Gasteiger partial charge in [-0.25, -0.2) is 0 Å². The Morgan fingerprint density at radius 3 is 2.83 bits per heavy atom. The van der Waals surface area contributed by atoms with Gasteiger partial charge in [0.2, 0.25) is 5.91 Å². The summed E-state index contributed by atoms with van der Waals surface area (Å²) in [7, 11) is 3.79. The number of benzene rings is 1. The molecule has 4 nitrogen and oxygen atoms in total. The van der Waals surface area contributed by atoms with E-state index < -0.39 is 0 Å². The average Bonchev–Trinajstić information content (AvgIpc) is 2.35. The summed E-state index contributed by atoms with van der Waals surface area (Å²) in [5.74, 6) is 0.164. The predicted molar refractivity (Wildman–Crippen MR) is 76.8 cm³/mol. The molecule has 1 aromatic carbocycles. The van der Waals surface area contributed by atoms with Crippen LogP contribution in [0.25, 0.3) is 0 Å². The van der Waals surface area contributed by atoms with Gasteiger partial charge in [0, 0.05) is 24.6 Å². The third-order valence-electron chi connectivity index (χ3n) is 3.33. The van der Waals surface area contributed by atoms with Gasteiger partial charge in [0.1, 0.15) is 0 Å². The van der Waals surface area contributed by atoms with Crippen LogP contribution in [0.4, 0.5) is 5.69 Å². The Bertz CT molecular complexity index is 438. The maximum absolute atomic E-state index is 12.0. The lowest BCUT2D eigenvalue weighted by atomic mass is 10.1. The molecular weight excluding hydrogens is 294 g/mol. The highest BCUT2D eigenvalue weighted by Gasteiger charge is 2.30. The first-order valence-corrected chi connectivity index (χ1v) is 6.82. The minimum atomic E-state index is 0.164. The summed E-state index contributed by atoms with van der Waals surface area (Å²) in [5.41, 5.74) is 1.08. The molecule has 0 aromatic heterocycles. The number of carbonyl (C=O) groups is 1. The van der Waals surface area contributed by atoms with E-state index in [0.29, 0.717) is 6.54 Å². The minimum Gasteiger partial charge on any atom is -0.359 e. The van der Waals surface area contributed by atoms with Gasteiger partial charge >= 0.3 is 0 Å². The van der Waals surface area contributed by atoms with Crippen molar-refractivity contribution in [1.29, 1.82) is 0 Å². The number of amides is 1. The van der Waals surface area contributed by atoms with Crippen molar-refractivity contribution >= 4 is 27.5 Å². The van der Waals surface area contributed by atoms with Gasteiger partial charge < -0.3 is 15.1 Å². The highest BCUT2D eigenvalue weighted by Crippen LogP contribution is 2.27. The number of nitrogens with one attached hydrogen (secondary N) is 1. The lowest BCUT2D eigenvalue weighted by Gasteiger charge is -2.40. The molecule has 0 aliphatic carbocycles. The van der Waals surface area contributed by atoms with Crippen LogP contribution in [0.1, 0.15) is 0 Å². The van der Waals surface area contributed by atoms with E-state index >= 15 is 0 Å². The molecule has 1 unspecified atom stereocenters. The van der Waals surface area contributed by atoms with E-state index in [2.05, 4.69) is 26.1 Å². The van der Waals surface area contributed by atoms with Crippen LogP contribution < -0.4 is 10.2 Å². The zero-order valence-corrected chi connectivity index (χ0v) is 12.3. The quantitative estimate of drug-likeness (QED) is 0.914. The molecule has 1 aliphatic rings. The standard InChI is InChI=1S/C13H18BrN3O/c1-15-7-10-8-17(9-13(18)16(10)2)12-6-4-3-5-11(12)14/h3-6,10,15H,7-9H2,1-2H3. The Balaban J connectivity index is 2.20. The van der Waals surface area contributed by atoms with Crippen LogP contribution in [-0.4, -0.2) is 50.6 Å². The van der Waals surface area contributed by atoms with Gasteiger partial charge in [-0.3, -0.25) is 4.79 Å². The number of hydrogen-bond acceptors (Lipinski definition) is 3. The number of anilines is 1. The van der Waals surface area contributed by atoms with Crippen molar-refractivity contribution in [3.8, 4) is 0 Å². The van der Waals surface area contributed by atoms with Crippen molar-refractivity contribution in [3.63, 3.8) is 0 Å². The number of halogens is 1. The Morgan fingerprint density at radius 2 is 2.17 bits per heavy atom. The monoisotopic (exact) mass is 311 g/mol. The van der Waals surface area contributed by atoms with Gasteiger partial charge in [0.05, 0.1) is 18.3 Å². The molecule has 0 saturated carbocycles. The second kappa shape index (κ2) is 5.71. The summed E-state index contributed by atoms with van der Waals surface area (Å²) in [6, 6.07) is 8.24. The van der Waals surface area contributed by atoms with Gasteiger partial charge in [0.15, 0.2) is 0 Å². The van der Waals surface area contributed by atoms with Gasteiger partial charge in [-0.1, -0.05) is 12.1 Å². The van der Waals surface area contributed by atoms with Crippen LogP contribution >= 0.6 is 15.9 Å². The van der Waals surface area contributed by atoms with Crippen molar-refractivity contribution in [2.45, 2.75) is 6.04 Å². The molecule has 98 valence electrons. The Labute approximate surface area is 116 Å². The van der Waals surface area contributed by atoms with Gasteiger partial charge in [0.25, 0.3) is 0 Å². The Morgan fingerprint density at radius 1 is 1.44 bits per heavy atom. The SMILES string of the molecule is CNCC1CN(c2ccccc2Br)CC(=O)N1C. The zero-order chi connectivity index (χ0) is 13.1. The molecule has 5 heteroatoms. The maximum atomic E-state index is 12.0. The lowest BCUT2D eigenvalue weighted by Crippen LogP contribution is -2.57. The van der Waals surface area contributed by atoms with Crippen LogP contribution in [0.15, 0.2) is 28.7 Å². The highest BCUT2D eigenvalue weighted by molar-refractivity contribution is 9.10. The summed E-state index contributed by atoms with van der Waals surface area (Å²) in [5, 5.41) is 3.14. The van der Waals surface area contributed by atoms with Crippen LogP contribution in [0.5, 0.6) is 0 Å².